The summed E-state index contributed by atoms with van der Waals surface area (Å²) in [4.78, 5) is 23.8. The number of benzene rings is 2. The minimum Gasteiger partial charge on any atom is -0.466 e. The van der Waals surface area contributed by atoms with E-state index in [1.807, 2.05) is 0 Å². The maximum Gasteiger partial charge on any atom is 0.283 e. The van der Waals surface area contributed by atoms with E-state index in [-0.39, 0.29) is 11.6 Å². The molecule has 27 heavy (non-hydrogen) atoms. The highest BCUT2D eigenvalue weighted by molar-refractivity contribution is 7.99. The van der Waals surface area contributed by atoms with E-state index in [4.69, 9.17) is 4.74 Å². The number of ether oxygens (including phenoxy) is 1. The molecule has 0 radical (unpaired) electrons. The fourth-order valence-electron chi connectivity index (χ4n) is 2.65. The van der Waals surface area contributed by atoms with Gasteiger partial charge in [0.05, 0.1) is 15.4 Å². The molecule has 1 aliphatic heterocycles. The lowest BCUT2D eigenvalue weighted by atomic mass is 10.1. The van der Waals surface area contributed by atoms with E-state index >= 15 is 0 Å². The molecule has 0 aliphatic carbocycles. The second kappa shape index (κ2) is 6.72. The summed E-state index contributed by atoms with van der Waals surface area (Å²) < 4.78 is 7.47. The van der Waals surface area contributed by atoms with Crippen molar-refractivity contribution in [2.75, 3.05) is 0 Å². The van der Waals surface area contributed by atoms with Gasteiger partial charge in [-0.05, 0) is 30.0 Å². The Balaban J connectivity index is 1.67. The van der Waals surface area contributed by atoms with E-state index in [1.165, 1.54) is 12.4 Å². The molecular weight excluding hydrogens is 370 g/mol. The van der Waals surface area contributed by atoms with Crippen LogP contribution in [0.4, 0.5) is 5.69 Å². The predicted molar refractivity (Wildman–Crippen MR) is 95.5 cm³/mol. The van der Waals surface area contributed by atoms with Gasteiger partial charge < -0.3 is 14.6 Å². The van der Waals surface area contributed by atoms with Gasteiger partial charge in [0.2, 0.25) is 0 Å². The van der Waals surface area contributed by atoms with Gasteiger partial charge in [-0.15, -0.1) is 10.2 Å². The first-order valence-electron chi connectivity index (χ1n) is 7.89. The van der Waals surface area contributed by atoms with E-state index in [1.54, 1.807) is 48.0 Å². The first kappa shape index (κ1) is 17.0. The molecule has 0 fully saturated rings. The van der Waals surface area contributed by atoms with E-state index < -0.39 is 11.2 Å². The van der Waals surface area contributed by atoms with Crippen molar-refractivity contribution >= 4 is 23.4 Å². The van der Waals surface area contributed by atoms with Crippen LogP contribution < -0.4 is 10.1 Å². The number of carbonyl (C=O) groups excluding carboxylic acids is 1. The van der Waals surface area contributed by atoms with Gasteiger partial charge in [0.15, 0.2) is 11.4 Å². The van der Waals surface area contributed by atoms with Gasteiger partial charge >= 0.3 is 0 Å². The highest BCUT2D eigenvalue weighted by Crippen LogP contribution is 2.36. The average Bonchev–Trinajstić information content (AvgIpc) is 3.06. The minimum atomic E-state index is -0.806. The van der Waals surface area contributed by atoms with Crippen LogP contribution in [-0.4, -0.2) is 25.6 Å². The van der Waals surface area contributed by atoms with Crippen LogP contribution in [0.2, 0.25) is 0 Å². The Morgan fingerprint density at radius 2 is 2.11 bits per heavy atom. The first-order valence-corrected chi connectivity index (χ1v) is 8.71. The molecule has 0 spiro atoms. The minimum absolute atomic E-state index is 0.0998. The Morgan fingerprint density at radius 3 is 2.85 bits per heavy atom. The van der Waals surface area contributed by atoms with Crippen molar-refractivity contribution in [3.8, 4) is 5.75 Å². The van der Waals surface area contributed by atoms with Crippen molar-refractivity contribution < 1.29 is 14.5 Å². The van der Waals surface area contributed by atoms with Crippen LogP contribution in [0.5, 0.6) is 5.75 Å². The Labute approximate surface area is 157 Å². The second-order valence-corrected chi connectivity index (χ2v) is 6.79. The quantitative estimate of drug-likeness (QED) is 0.544. The van der Waals surface area contributed by atoms with Crippen molar-refractivity contribution in [1.82, 2.24) is 20.1 Å². The second-order valence-electron chi connectivity index (χ2n) is 5.78. The normalized spacial score (nSPS) is 15.6. The molecule has 0 bridgehead atoms. The van der Waals surface area contributed by atoms with E-state index in [9.17, 15) is 14.9 Å². The number of rotatable bonds is 4. The predicted octanol–water partition coefficient (Wildman–Crippen LogP) is 2.70. The summed E-state index contributed by atoms with van der Waals surface area (Å²) in [7, 11) is 1.76. The highest BCUT2D eigenvalue weighted by atomic mass is 32.2. The van der Waals surface area contributed by atoms with Crippen LogP contribution >= 0.6 is 11.8 Å². The molecule has 0 unspecified atom stereocenters. The fourth-order valence-corrected chi connectivity index (χ4v) is 3.50. The molecule has 1 N–H and O–H groups in total. The SMILES string of the molecule is Cn1cnnc1Sc1ccc([C@@H]2NC(=O)c3ccccc3O2)cc1[N+](=O)[O-]. The number of para-hydroxylation sites is 1. The Kier molecular flexibility index (Phi) is 4.24. The zero-order valence-electron chi connectivity index (χ0n) is 14.0. The van der Waals surface area contributed by atoms with Crippen molar-refractivity contribution in [2.45, 2.75) is 16.3 Å². The maximum absolute atomic E-state index is 12.3. The van der Waals surface area contributed by atoms with Crippen LogP contribution in [0, 0.1) is 10.1 Å². The largest absolute Gasteiger partial charge is 0.466 e. The number of nitro groups is 1. The third-order valence-corrected chi connectivity index (χ3v) is 5.11. The molecule has 0 saturated carbocycles. The molecule has 2 aromatic carbocycles. The molecule has 3 aromatic rings. The third kappa shape index (κ3) is 3.22. The number of fused-ring (bicyclic) bond motifs is 1. The number of aromatic nitrogens is 3. The van der Waals surface area contributed by atoms with Gasteiger partial charge in [0.1, 0.15) is 12.1 Å². The monoisotopic (exact) mass is 383 g/mol. The Hall–Kier alpha value is -3.40. The lowest BCUT2D eigenvalue weighted by molar-refractivity contribution is -0.387. The lowest BCUT2D eigenvalue weighted by Gasteiger charge is -2.26. The molecule has 1 atom stereocenters. The number of nitrogens with one attached hydrogen (secondary N) is 1. The number of hydrogen-bond donors (Lipinski definition) is 1. The Bertz CT molecular complexity index is 1050. The zero-order valence-corrected chi connectivity index (χ0v) is 14.8. The number of amides is 1. The lowest BCUT2D eigenvalue weighted by Crippen LogP contribution is -2.36. The Morgan fingerprint density at radius 1 is 1.30 bits per heavy atom. The molecule has 0 saturated heterocycles. The highest BCUT2D eigenvalue weighted by Gasteiger charge is 2.28. The summed E-state index contributed by atoms with van der Waals surface area (Å²) in [5.41, 5.74) is 0.807. The number of nitro benzene ring substituents is 1. The standard InChI is InChI=1S/C17H13N5O4S/c1-21-9-18-20-17(21)27-14-7-6-10(8-12(14)22(24)25)16-19-15(23)11-4-2-3-5-13(11)26-16/h2-9,16H,1H3,(H,19,23)/t16-/m1/s1. The third-order valence-electron chi connectivity index (χ3n) is 3.99. The smallest absolute Gasteiger partial charge is 0.283 e. The summed E-state index contributed by atoms with van der Waals surface area (Å²) in [6.45, 7) is 0. The molecule has 1 aromatic heterocycles. The molecule has 1 aliphatic rings. The van der Waals surface area contributed by atoms with Crippen molar-refractivity contribution in [3.63, 3.8) is 0 Å². The van der Waals surface area contributed by atoms with Crippen molar-refractivity contribution in [2.24, 2.45) is 7.05 Å². The number of nitrogens with zero attached hydrogens (tertiary/aromatic N) is 4. The molecular formula is C17H13N5O4S. The summed E-state index contributed by atoms with van der Waals surface area (Å²) in [6.07, 6.45) is 0.714. The van der Waals surface area contributed by atoms with E-state index in [0.717, 1.165) is 11.8 Å². The summed E-state index contributed by atoms with van der Waals surface area (Å²) in [5.74, 6) is 0.147. The van der Waals surface area contributed by atoms with Crippen LogP contribution in [0.1, 0.15) is 22.1 Å². The van der Waals surface area contributed by atoms with Gasteiger partial charge in [0.25, 0.3) is 11.6 Å². The molecule has 136 valence electrons. The topological polar surface area (TPSA) is 112 Å². The first-order chi connectivity index (χ1) is 13.0. The van der Waals surface area contributed by atoms with Crippen LogP contribution in [0.3, 0.4) is 0 Å². The van der Waals surface area contributed by atoms with Crippen molar-refractivity contribution in [3.05, 3.63) is 70.0 Å². The van der Waals surface area contributed by atoms with Gasteiger partial charge in [-0.2, -0.15) is 0 Å². The maximum atomic E-state index is 12.3. The number of hydrogen-bond acceptors (Lipinski definition) is 7. The van der Waals surface area contributed by atoms with Crippen molar-refractivity contribution in [1.29, 1.82) is 0 Å². The van der Waals surface area contributed by atoms with E-state index in [0.29, 0.717) is 26.9 Å². The summed E-state index contributed by atoms with van der Waals surface area (Å²) in [6, 6.07) is 11.5. The average molecular weight is 383 g/mol. The summed E-state index contributed by atoms with van der Waals surface area (Å²) in [5, 5.41) is 22.5. The zero-order chi connectivity index (χ0) is 19.0. The van der Waals surface area contributed by atoms with Crippen LogP contribution in [0.15, 0.2) is 58.8 Å². The summed E-state index contributed by atoms with van der Waals surface area (Å²) >= 11 is 1.14. The number of carbonyl (C=O) groups is 1. The molecule has 1 amide bonds. The van der Waals surface area contributed by atoms with Gasteiger partial charge in [-0.25, -0.2) is 0 Å². The molecule has 2 heterocycles. The van der Waals surface area contributed by atoms with Gasteiger partial charge in [0, 0.05) is 18.7 Å². The van der Waals surface area contributed by atoms with Crippen LogP contribution in [-0.2, 0) is 7.05 Å². The van der Waals surface area contributed by atoms with E-state index in [2.05, 4.69) is 15.5 Å². The van der Waals surface area contributed by atoms with Crippen LogP contribution in [0.25, 0.3) is 0 Å². The fraction of sp³-hybridized carbons (Fsp3) is 0.118. The van der Waals surface area contributed by atoms with Gasteiger partial charge in [-0.3, -0.25) is 14.9 Å². The molecule has 10 heteroatoms. The van der Waals surface area contributed by atoms with Gasteiger partial charge in [-0.1, -0.05) is 18.2 Å². The molecule has 9 nitrogen and oxygen atoms in total. The molecule has 4 rings (SSSR count). The number of aryl methyl sites for hydroxylation is 1.